The zero-order valence-electron chi connectivity index (χ0n) is 19.0. The molecule has 0 unspecified atom stereocenters. The number of carbonyl (C=O) groups excluding carboxylic acids is 4. The molecule has 3 aliphatic rings. The number of ether oxygens (including phenoxy) is 1. The molecule has 0 aromatic heterocycles. The lowest BCUT2D eigenvalue weighted by Crippen LogP contribution is -2.53. The molecule has 2 aromatic rings. The van der Waals surface area contributed by atoms with Crippen molar-refractivity contribution < 1.29 is 23.9 Å². The molecule has 1 spiro atoms. The van der Waals surface area contributed by atoms with E-state index in [1.807, 2.05) is 19.1 Å². The van der Waals surface area contributed by atoms with Gasteiger partial charge < -0.3 is 15.8 Å². The van der Waals surface area contributed by atoms with Crippen molar-refractivity contribution in [1.82, 2.24) is 10.2 Å². The molecule has 2 aromatic carbocycles. The number of primary amides is 1. The number of hydrogen-bond donors (Lipinski definition) is 3. The van der Waals surface area contributed by atoms with Crippen LogP contribution in [-0.2, 0) is 37.7 Å². The van der Waals surface area contributed by atoms with E-state index in [-0.39, 0.29) is 13.0 Å². The minimum atomic E-state index is -1.45. The number of nitrogens with one attached hydrogen (secondary N) is 2. The van der Waals surface area contributed by atoms with Gasteiger partial charge in [0.05, 0.1) is 25.5 Å². The van der Waals surface area contributed by atoms with Crippen molar-refractivity contribution in [3.8, 4) is 5.75 Å². The van der Waals surface area contributed by atoms with E-state index in [1.165, 1.54) is 12.0 Å². The second-order valence-corrected chi connectivity index (χ2v) is 8.95. The van der Waals surface area contributed by atoms with Gasteiger partial charge in [-0.3, -0.25) is 29.4 Å². The first kappa shape index (κ1) is 22.1. The van der Waals surface area contributed by atoms with Gasteiger partial charge in [-0.15, -0.1) is 0 Å². The molecule has 0 aliphatic carbocycles. The number of nitrogens with zero attached hydrogens (tertiary/aromatic N) is 1. The van der Waals surface area contributed by atoms with Crippen molar-refractivity contribution in [1.29, 1.82) is 0 Å². The molecule has 4 atom stereocenters. The van der Waals surface area contributed by atoms with Gasteiger partial charge in [-0.1, -0.05) is 43.3 Å². The molecular formula is C25H26N4O5. The van der Waals surface area contributed by atoms with Gasteiger partial charge in [-0.05, 0) is 18.1 Å². The average Bonchev–Trinajstić information content (AvgIpc) is 3.39. The van der Waals surface area contributed by atoms with E-state index in [0.717, 1.165) is 5.56 Å². The number of hydrogen-bond acceptors (Lipinski definition) is 6. The summed E-state index contributed by atoms with van der Waals surface area (Å²) in [7, 11) is 1.52. The second kappa shape index (κ2) is 7.95. The molecule has 4 amide bonds. The van der Waals surface area contributed by atoms with Crippen LogP contribution in [0.25, 0.3) is 0 Å². The fourth-order valence-corrected chi connectivity index (χ4v) is 5.80. The zero-order chi connectivity index (χ0) is 24.2. The monoisotopic (exact) mass is 462 g/mol. The third-order valence-electron chi connectivity index (χ3n) is 7.25. The summed E-state index contributed by atoms with van der Waals surface area (Å²) < 4.78 is 5.39. The second-order valence-electron chi connectivity index (χ2n) is 8.95. The molecule has 9 nitrogen and oxygen atoms in total. The van der Waals surface area contributed by atoms with Gasteiger partial charge in [-0.2, -0.15) is 0 Å². The van der Waals surface area contributed by atoms with Gasteiger partial charge in [0.15, 0.2) is 0 Å². The summed E-state index contributed by atoms with van der Waals surface area (Å²) in [5.41, 5.74) is 6.92. The molecule has 5 rings (SSSR count). The van der Waals surface area contributed by atoms with Gasteiger partial charge in [-0.25, -0.2) is 0 Å². The Morgan fingerprint density at radius 3 is 2.53 bits per heavy atom. The Bertz CT molecular complexity index is 1230. The molecule has 9 heteroatoms. The van der Waals surface area contributed by atoms with E-state index in [9.17, 15) is 19.2 Å². The predicted octanol–water partition coefficient (Wildman–Crippen LogP) is 1.05. The summed E-state index contributed by atoms with van der Waals surface area (Å²) >= 11 is 0. The van der Waals surface area contributed by atoms with Crippen LogP contribution in [0.4, 0.5) is 5.69 Å². The number of aryl methyl sites for hydroxylation is 1. The number of likely N-dealkylation sites (tertiary alicyclic amines) is 1. The molecule has 176 valence electrons. The van der Waals surface area contributed by atoms with Gasteiger partial charge in [0.1, 0.15) is 11.3 Å². The van der Waals surface area contributed by atoms with Crippen molar-refractivity contribution in [3.63, 3.8) is 0 Å². The van der Waals surface area contributed by atoms with Crippen molar-refractivity contribution >= 4 is 29.3 Å². The Hall–Kier alpha value is -3.72. The van der Waals surface area contributed by atoms with E-state index in [4.69, 9.17) is 10.5 Å². The minimum Gasteiger partial charge on any atom is -0.496 e. The van der Waals surface area contributed by atoms with Crippen LogP contribution in [0.3, 0.4) is 0 Å². The maximum Gasteiger partial charge on any atom is 0.250 e. The summed E-state index contributed by atoms with van der Waals surface area (Å²) in [5.74, 6) is -3.22. The van der Waals surface area contributed by atoms with Crippen LogP contribution < -0.4 is 21.1 Å². The van der Waals surface area contributed by atoms with Crippen molar-refractivity contribution in [3.05, 3.63) is 59.2 Å². The van der Waals surface area contributed by atoms with Crippen LogP contribution >= 0.6 is 0 Å². The van der Waals surface area contributed by atoms with Crippen LogP contribution in [0.2, 0.25) is 0 Å². The molecule has 4 N–H and O–H groups in total. The third-order valence-corrected chi connectivity index (χ3v) is 7.25. The van der Waals surface area contributed by atoms with Gasteiger partial charge in [0.2, 0.25) is 23.6 Å². The molecule has 2 fully saturated rings. The van der Waals surface area contributed by atoms with Crippen molar-refractivity contribution in [2.45, 2.75) is 37.9 Å². The quantitative estimate of drug-likeness (QED) is 0.550. The first-order chi connectivity index (χ1) is 16.3. The first-order valence-electron chi connectivity index (χ1n) is 11.3. The van der Waals surface area contributed by atoms with Crippen LogP contribution in [0, 0.1) is 11.8 Å². The molecule has 0 radical (unpaired) electrons. The standard InChI is InChI=1S/C25H26N4O5/c1-3-13-8-6-9-15-21(13)27-24(33)25(15)20-19(16(28-25)11-18(26)30)22(31)29(23(20)32)12-14-7-4-5-10-17(14)34-2/h4-10,16,19-20,28H,3,11-12H2,1-2H3,(H2,26,30)(H,27,33)/t16-,19+,20+,25-/m0/s1. The molecule has 0 bridgehead atoms. The molecular weight excluding hydrogens is 436 g/mol. The van der Waals surface area contributed by atoms with Crippen LogP contribution in [0.15, 0.2) is 42.5 Å². The number of carbonyl (C=O) groups is 4. The number of amides is 4. The fourth-order valence-electron chi connectivity index (χ4n) is 5.80. The highest BCUT2D eigenvalue weighted by Gasteiger charge is 2.70. The van der Waals surface area contributed by atoms with Gasteiger partial charge in [0.25, 0.3) is 0 Å². The number of imide groups is 1. The van der Waals surface area contributed by atoms with Crippen molar-refractivity contribution in [2.75, 3.05) is 12.4 Å². The summed E-state index contributed by atoms with van der Waals surface area (Å²) in [4.78, 5) is 54.0. The number of anilines is 1. The number of methoxy groups -OCH3 is 1. The van der Waals surface area contributed by atoms with E-state index in [0.29, 0.717) is 29.0 Å². The SMILES string of the molecule is CCc1cccc2c1NC(=O)[C@]21N[C@@H](CC(N)=O)[C@H]2C(=O)N(Cc3ccccc3OC)C(=O)[C@@H]21. The van der Waals surface area contributed by atoms with Crippen LogP contribution in [-0.4, -0.2) is 41.7 Å². The zero-order valence-corrected chi connectivity index (χ0v) is 19.0. The third kappa shape index (κ3) is 2.96. The lowest BCUT2D eigenvalue weighted by atomic mass is 9.76. The molecule has 3 heterocycles. The highest BCUT2D eigenvalue weighted by atomic mass is 16.5. The molecule has 2 saturated heterocycles. The summed E-state index contributed by atoms with van der Waals surface area (Å²) in [6.45, 7) is 1.99. The maximum absolute atomic E-state index is 13.8. The Balaban J connectivity index is 1.62. The molecule has 3 aliphatic heterocycles. The first-order valence-corrected chi connectivity index (χ1v) is 11.3. The Morgan fingerprint density at radius 2 is 1.82 bits per heavy atom. The lowest BCUT2D eigenvalue weighted by Gasteiger charge is -2.29. The highest BCUT2D eigenvalue weighted by Crippen LogP contribution is 2.54. The maximum atomic E-state index is 13.8. The largest absolute Gasteiger partial charge is 0.496 e. The Kier molecular flexibility index (Phi) is 5.16. The smallest absolute Gasteiger partial charge is 0.250 e. The van der Waals surface area contributed by atoms with Gasteiger partial charge >= 0.3 is 0 Å². The average molecular weight is 463 g/mol. The van der Waals surface area contributed by atoms with Crippen LogP contribution in [0.1, 0.15) is 30.0 Å². The normalized spacial score (nSPS) is 27.2. The van der Waals surface area contributed by atoms with E-state index in [2.05, 4.69) is 10.6 Å². The predicted molar refractivity (Wildman–Crippen MR) is 122 cm³/mol. The number of nitrogens with two attached hydrogens (primary N) is 1. The molecule has 0 saturated carbocycles. The van der Waals surface area contributed by atoms with E-state index < -0.39 is 47.0 Å². The fraction of sp³-hybridized carbons (Fsp3) is 0.360. The molecule has 34 heavy (non-hydrogen) atoms. The lowest BCUT2D eigenvalue weighted by molar-refractivity contribution is -0.143. The van der Waals surface area contributed by atoms with Crippen LogP contribution in [0.5, 0.6) is 5.75 Å². The summed E-state index contributed by atoms with van der Waals surface area (Å²) in [6, 6.07) is 12.0. The topological polar surface area (TPSA) is 131 Å². The Labute approximate surface area is 196 Å². The van der Waals surface area contributed by atoms with Gasteiger partial charge in [0, 0.05) is 29.3 Å². The van der Waals surface area contributed by atoms with Crippen molar-refractivity contribution in [2.24, 2.45) is 17.6 Å². The Morgan fingerprint density at radius 1 is 1.09 bits per heavy atom. The summed E-state index contributed by atoms with van der Waals surface area (Å²) in [6.07, 6.45) is 0.520. The highest BCUT2D eigenvalue weighted by molar-refractivity contribution is 6.15. The number of para-hydroxylation sites is 2. The van der Waals surface area contributed by atoms with E-state index in [1.54, 1.807) is 30.3 Å². The van der Waals surface area contributed by atoms with E-state index >= 15 is 0 Å². The number of rotatable bonds is 6. The number of fused-ring (bicyclic) bond motifs is 4. The summed E-state index contributed by atoms with van der Waals surface area (Å²) in [5, 5.41) is 6.15. The number of benzene rings is 2. The minimum absolute atomic E-state index is 0.0114.